The van der Waals surface area contributed by atoms with Gasteiger partial charge >= 0.3 is 6.09 Å². The number of carbonyl (C=O) groups excluding carboxylic acids is 2. The molecule has 2 saturated heterocycles. The van der Waals surface area contributed by atoms with E-state index >= 15 is 0 Å². The number of nitrogens with zero attached hydrogens (tertiary/aromatic N) is 2. The lowest BCUT2D eigenvalue weighted by Gasteiger charge is -2.34. The number of piperidine rings is 1. The average molecular weight is 326 g/mol. The zero-order chi connectivity index (χ0) is 16.9. The summed E-state index contributed by atoms with van der Waals surface area (Å²) in [4.78, 5) is 27.9. The molecule has 23 heavy (non-hydrogen) atoms. The van der Waals surface area contributed by atoms with Crippen molar-refractivity contribution in [3.05, 3.63) is 0 Å². The van der Waals surface area contributed by atoms with Crippen molar-refractivity contribution in [3.8, 4) is 0 Å². The molecule has 0 spiro atoms. The summed E-state index contributed by atoms with van der Waals surface area (Å²) < 4.78 is 10.7. The molecule has 2 amide bonds. The van der Waals surface area contributed by atoms with Gasteiger partial charge in [-0.3, -0.25) is 4.79 Å². The molecule has 0 N–H and O–H groups in total. The highest BCUT2D eigenvalue weighted by atomic mass is 16.6. The highest BCUT2D eigenvalue weighted by molar-refractivity contribution is 5.76. The predicted octanol–water partition coefficient (Wildman–Crippen LogP) is 2.27. The van der Waals surface area contributed by atoms with Crippen LogP contribution in [0, 0.1) is 5.92 Å². The van der Waals surface area contributed by atoms with Crippen molar-refractivity contribution < 1.29 is 19.1 Å². The smallest absolute Gasteiger partial charge is 0.410 e. The normalized spacial score (nSPS) is 20.5. The van der Waals surface area contributed by atoms with Crippen molar-refractivity contribution in [1.29, 1.82) is 0 Å². The maximum Gasteiger partial charge on any atom is 0.410 e. The molecule has 0 atom stereocenters. The quantitative estimate of drug-likeness (QED) is 0.798. The Morgan fingerprint density at radius 1 is 1.04 bits per heavy atom. The minimum absolute atomic E-state index is 0.222. The number of hydrogen-bond donors (Lipinski definition) is 0. The summed E-state index contributed by atoms with van der Waals surface area (Å²) in [6, 6.07) is 0. The van der Waals surface area contributed by atoms with E-state index in [1.54, 1.807) is 4.90 Å². The molecule has 0 aliphatic carbocycles. The Balaban J connectivity index is 1.66. The molecule has 2 aliphatic heterocycles. The van der Waals surface area contributed by atoms with E-state index in [1.165, 1.54) is 0 Å². The van der Waals surface area contributed by atoms with E-state index < -0.39 is 5.60 Å². The Hall–Kier alpha value is -1.30. The van der Waals surface area contributed by atoms with Crippen LogP contribution in [0.25, 0.3) is 0 Å². The van der Waals surface area contributed by atoms with Crippen molar-refractivity contribution in [3.63, 3.8) is 0 Å². The van der Waals surface area contributed by atoms with E-state index in [4.69, 9.17) is 9.47 Å². The van der Waals surface area contributed by atoms with Gasteiger partial charge in [0.05, 0.1) is 13.2 Å². The van der Waals surface area contributed by atoms with Gasteiger partial charge in [0.2, 0.25) is 5.91 Å². The number of morpholine rings is 1. The molecule has 2 rings (SSSR count). The van der Waals surface area contributed by atoms with E-state index in [0.29, 0.717) is 25.6 Å². The molecule has 2 fully saturated rings. The summed E-state index contributed by atoms with van der Waals surface area (Å²) in [5, 5.41) is 0. The zero-order valence-corrected chi connectivity index (χ0v) is 14.7. The lowest BCUT2D eigenvalue weighted by Crippen LogP contribution is -2.42. The van der Waals surface area contributed by atoms with Crippen LogP contribution in [0.2, 0.25) is 0 Å². The minimum Gasteiger partial charge on any atom is -0.444 e. The van der Waals surface area contributed by atoms with Gasteiger partial charge in [0.15, 0.2) is 0 Å². The number of carbonyl (C=O) groups is 2. The van der Waals surface area contributed by atoms with Gasteiger partial charge in [-0.2, -0.15) is 0 Å². The van der Waals surface area contributed by atoms with Gasteiger partial charge in [-0.15, -0.1) is 0 Å². The highest BCUT2D eigenvalue weighted by Gasteiger charge is 2.27. The lowest BCUT2D eigenvalue weighted by molar-refractivity contribution is -0.135. The average Bonchev–Trinajstić information content (AvgIpc) is 2.52. The Bertz CT molecular complexity index is 405. The van der Waals surface area contributed by atoms with Gasteiger partial charge < -0.3 is 19.3 Å². The summed E-state index contributed by atoms with van der Waals surface area (Å²) >= 11 is 0. The summed E-state index contributed by atoms with van der Waals surface area (Å²) in [7, 11) is 0. The second kappa shape index (κ2) is 7.99. The van der Waals surface area contributed by atoms with Crippen LogP contribution < -0.4 is 0 Å². The van der Waals surface area contributed by atoms with Gasteiger partial charge in [0.25, 0.3) is 0 Å². The van der Waals surface area contributed by atoms with E-state index in [0.717, 1.165) is 45.4 Å². The van der Waals surface area contributed by atoms with Crippen LogP contribution in [-0.4, -0.2) is 66.8 Å². The second-order valence-electron chi connectivity index (χ2n) is 7.44. The molecule has 0 radical (unpaired) electrons. The summed E-state index contributed by atoms with van der Waals surface area (Å²) in [5.41, 5.74) is -0.446. The number of amides is 2. The Labute approximate surface area is 139 Å². The van der Waals surface area contributed by atoms with Crippen LogP contribution in [-0.2, 0) is 14.3 Å². The number of rotatable bonds is 3. The molecule has 0 aromatic rings. The van der Waals surface area contributed by atoms with Crippen LogP contribution in [0.4, 0.5) is 4.79 Å². The third-order valence-electron chi connectivity index (χ3n) is 4.40. The van der Waals surface area contributed by atoms with Gasteiger partial charge in [-0.25, -0.2) is 4.79 Å². The molecule has 2 aliphatic rings. The first-order chi connectivity index (χ1) is 10.8. The predicted molar refractivity (Wildman–Crippen MR) is 87.2 cm³/mol. The maximum absolute atomic E-state index is 12.2. The zero-order valence-electron chi connectivity index (χ0n) is 14.7. The number of hydrogen-bond acceptors (Lipinski definition) is 4. The molecule has 6 heteroatoms. The largest absolute Gasteiger partial charge is 0.444 e. The third-order valence-corrected chi connectivity index (χ3v) is 4.40. The van der Waals surface area contributed by atoms with Crippen LogP contribution in [0.15, 0.2) is 0 Å². The molecule has 0 unspecified atom stereocenters. The first kappa shape index (κ1) is 18.0. The van der Waals surface area contributed by atoms with E-state index in [1.807, 2.05) is 25.7 Å². The molecule has 132 valence electrons. The van der Waals surface area contributed by atoms with Gasteiger partial charge in [-0.05, 0) is 46.0 Å². The summed E-state index contributed by atoms with van der Waals surface area (Å²) in [6.45, 7) is 9.85. The van der Waals surface area contributed by atoms with Crippen LogP contribution in [0.3, 0.4) is 0 Å². The lowest BCUT2D eigenvalue weighted by atomic mass is 9.92. The highest BCUT2D eigenvalue weighted by Crippen LogP contribution is 2.23. The fraction of sp³-hybridized carbons (Fsp3) is 0.882. The molecule has 0 saturated carbocycles. The molecular formula is C17H30N2O4. The Morgan fingerprint density at radius 3 is 2.22 bits per heavy atom. The minimum atomic E-state index is -0.446. The number of likely N-dealkylation sites (tertiary alicyclic amines) is 1. The first-order valence-corrected chi connectivity index (χ1v) is 8.68. The Morgan fingerprint density at radius 2 is 1.65 bits per heavy atom. The second-order valence-corrected chi connectivity index (χ2v) is 7.44. The van der Waals surface area contributed by atoms with Gasteiger partial charge in [0.1, 0.15) is 5.60 Å². The Kier molecular flexibility index (Phi) is 6.27. The SMILES string of the molecule is CC(C)(C)OC(=O)N1CCC(CCC(=O)N2CCOCC2)CC1. The van der Waals surface area contributed by atoms with Crippen molar-refractivity contribution in [2.75, 3.05) is 39.4 Å². The van der Waals surface area contributed by atoms with Crippen LogP contribution in [0.5, 0.6) is 0 Å². The van der Waals surface area contributed by atoms with Crippen molar-refractivity contribution in [2.45, 2.75) is 52.1 Å². The standard InChI is InChI=1S/C17H30N2O4/c1-17(2,3)23-16(21)19-8-6-14(7-9-19)4-5-15(20)18-10-12-22-13-11-18/h14H,4-13H2,1-3H3. The fourth-order valence-corrected chi connectivity index (χ4v) is 3.03. The molecule has 0 aromatic heterocycles. The molecule has 0 aromatic carbocycles. The molecule has 0 bridgehead atoms. The van der Waals surface area contributed by atoms with Crippen LogP contribution in [0.1, 0.15) is 46.5 Å². The topological polar surface area (TPSA) is 59.1 Å². The van der Waals surface area contributed by atoms with E-state index in [9.17, 15) is 9.59 Å². The van der Waals surface area contributed by atoms with Gasteiger partial charge in [0, 0.05) is 32.6 Å². The first-order valence-electron chi connectivity index (χ1n) is 8.68. The molecule has 2 heterocycles. The summed E-state index contributed by atoms with van der Waals surface area (Å²) in [6.07, 6.45) is 3.21. The van der Waals surface area contributed by atoms with Crippen molar-refractivity contribution >= 4 is 12.0 Å². The van der Waals surface area contributed by atoms with Crippen molar-refractivity contribution in [1.82, 2.24) is 9.80 Å². The third kappa shape index (κ3) is 6.01. The van der Waals surface area contributed by atoms with Crippen LogP contribution >= 0.6 is 0 Å². The van der Waals surface area contributed by atoms with Gasteiger partial charge in [-0.1, -0.05) is 0 Å². The maximum atomic E-state index is 12.2. The van der Waals surface area contributed by atoms with E-state index in [2.05, 4.69) is 0 Å². The monoisotopic (exact) mass is 326 g/mol. The summed E-state index contributed by atoms with van der Waals surface area (Å²) in [5.74, 6) is 0.765. The number of ether oxygens (including phenoxy) is 2. The fourth-order valence-electron chi connectivity index (χ4n) is 3.03. The van der Waals surface area contributed by atoms with E-state index in [-0.39, 0.29) is 12.0 Å². The molecular weight excluding hydrogens is 296 g/mol. The van der Waals surface area contributed by atoms with Crippen molar-refractivity contribution in [2.24, 2.45) is 5.92 Å². The molecule has 6 nitrogen and oxygen atoms in total.